The topological polar surface area (TPSA) is 99.0 Å². The number of rotatable bonds is 2. The van der Waals surface area contributed by atoms with Gasteiger partial charge >= 0.3 is 29.6 Å². The maximum atomic E-state index is 11.8. The Hall–Kier alpha value is -1.66. The molecule has 0 fully saturated rings. The van der Waals surface area contributed by atoms with Crippen molar-refractivity contribution in [2.45, 2.75) is 12.3 Å². The summed E-state index contributed by atoms with van der Waals surface area (Å²) in [7, 11) is 0. The predicted molar refractivity (Wildman–Crippen MR) is 79.8 cm³/mol. The van der Waals surface area contributed by atoms with Gasteiger partial charge in [0.15, 0.2) is 0 Å². The fourth-order valence-electron chi connectivity index (χ4n) is 2.17. The number of nitriles is 2. The number of carbonyl (C=O) groups excluding carboxylic acids is 1. The van der Waals surface area contributed by atoms with Crippen molar-refractivity contribution in [3.8, 4) is 12.1 Å². The molecule has 0 radical (unpaired) electrons. The Bertz CT molecular complexity index is 764. The van der Waals surface area contributed by atoms with E-state index in [9.17, 15) is 10.1 Å². The Kier molecular flexibility index (Phi) is 6.77. The minimum Gasteiger partial charge on any atom is -0.762 e. The van der Waals surface area contributed by atoms with E-state index in [0.717, 1.165) is 10.0 Å². The quantitative estimate of drug-likeness (QED) is 0.437. The second-order valence-corrected chi connectivity index (χ2v) is 5.27. The van der Waals surface area contributed by atoms with Gasteiger partial charge in [0.2, 0.25) is 5.91 Å². The second kappa shape index (κ2) is 8.10. The van der Waals surface area contributed by atoms with Crippen molar-refractivity contribution in [2.75, 3.05) is 0 Å². The van der Waals surface area contributed by atoms with E-state index in [4.69, 9.17) is 10.7 Å². The van der Waals surface area contributed by atoms with Crippen LogP contribution in [0.1, 0.15) is 17.9 Å². The van der Waals surface area contributed by atoms with Crippen molar-refractivity contribution in [3.63, 3.8) is 0 Å². The third kappa shape index (κ3) is 3.75. The normalized spacial score (nSPS) is 16.5. The molecule has 0 bridgehead atoms. The molecule has 1 unspecified atom stereocenters. The van der Waals surface area contributed by atoms with Gasteiger partial charge in [0.1, 0.15) is 6.07 Å². The number of nitrogens with one attached hydrogen (secondary N) is 1. The van der Waals surface area contributed by atoms with Crippen LogP contribution in [-0.4, -0.2) is 11.8 Å². The van der Waals surface area contributed by atoms with Gasteiger partial charge in [-0.25, -0.2) is 5.87 Å². The Labute approximate surface area is 158 Å². The first-order chi connectivity index (χ1) is 10.1. The van der Waals surface area contributed by atoms with E-state index in [1.54, 1.807) is 24.1 Å². The van der Waals surface area contributed by atoms with Gasteiger partial charge in [-0.3, -0.25) is 4.79 Å². The fourth-order valence-corrected chi connectivity index (χ4v) is 2.43. The second-order valence-electron chi connectivity index (χ2n) is 4.36. The Morgan fingerprint density at radius 1 is 1.32 bits per heavy atom. The summed E-state index contributed by atoms with van der Waals surface area (Å²) in [6, 6.07) is 11.0. The Morgan fingerprint density at radius 3 is 2.45 bits per heavy atom. The molecule has 0 spiro atoms. The molecule has 1 aromatic carbocycles. The molecule has 2 rings (SSSR count). The third-order valence-electron chi connectivity index (χ3n) is 3.14. The number of halogens is 1. The average molecular weight is 363 g/mol. The number of allylic oxidation sites excluding steroid dienone is 2. The molecular weight excluding hydrogens is 355 g/mol. The standard InChI is InChI=1S/C15H8BrN4O.Na/c16-11-3-1-9(2-4-11)12-5-14(21)20-15(13(12)8-19)10(6-17)7-18;/h1-4,12H,5H2,(H,20,21);/q-1;+1. The van der Waals surface area contributed by atoms with Crippen LogP contribution in [-0.2, 0) is 4.79 Å². The minimum absolute atomic E-state index is 0. The first-order valence-electron chi connectivity index (χ1n) is 5.97. The monoisotopic (exact) mass is 362 g/mol. The molecular formula is C15H8BrN4NaO. The van der Waals surface area contributed by atoms with Crippen molar-refractivity contribution >= 4 is 27.7 Å². The number of hydrogen-bond acceptors (Lipinski definition) is 3. The minimum atomic E-state index is -0.455. The number of hydrogen-bond donors (Lipinski definition) is 1. The molecule has 7 heteroatoms. The van der Waals surface area contributed by atoms with Gasteiger partial charge in [-0.2, -0.15) is 10.5 Å². The van der Waals surface area contributed by atoms with E-state index in [-0.39, 0.29) is 58.7 Å². The van der Waals surface area contributed by atoms with Crippen LogP contribution in [0.2, 0.25) is 0 Å². The molecule has 102 valence electrons. The largest absolute Gasteiger partial charge is 1.00 e. The van der Waals surface area contributed by atoms with Crippen LogP contribution in [0, 0.1) is 22.7 Å². The molecule has 0 saturated carbocycles. The fraction of sp³-hybridized carbons (Fsp3) is 0.133. The smallest absolute Gasteiger partial charge is 0.762 e. The Morgan fingerprint density at radius 2 is 1.95 bits per heavy atom. The molecule has 1 heterocycles. The van der Waals surface area contributed by atoms with Gasteiger partial charge in [0.25, 0.3) is 0 Å². The predicted octanol–water partition coefficient (Wildman–Crippen LogP) is -0.477. The zero-order valence-corrected chi connectivity index (χ0v) is 15.3. The number of amides is 1. The maximum absolute atomic E-state index is 11.8. The van der Waals surface area contributed by atoms with Crippen LogP contribution in [0.4, 0.5) is 0 Å². The zero-order chi connectivity index (χ0) is 15.4. The third-order valence-corrected chi connectivity index (χ3v) is 3.67. The maximum Gasteiger partial charge on any atom is 1.00 e. The van der Waals surface area contributed by atoms with E-state index in [2.05, 4.69) is 21.2 Å². The van der Waals surface area contributed by atoms with Crippen molar-refractivity contribution in [1.82, 2.24) is 5.32 Å². The molecule has 1 aromatic rings. The number of nitrogens with zero attached hydrogens (tertiary/aromatic N) is 3. The van der Waals surface area contributed by atoms with Gasteiger partial charge in [-0.15, -0.1) is 0 Å². The Balaban J connectivity index is 0.00000242. The summed E-state index contributed by atoms with van der Waals surface area (Å²) in [5.74, 6) is 0.937. The summed E-state index contributed by atoms with van der Waals surface area (Å²) in [6.45, 7) is 0. The van der Waals surface area contributed by atoms with Crippen LogP contribution in [0.25, 0.3) is 5.41 Å². The van der Waals surface area contributed by atoms with Crippen molar-refractivity contribution < 1.29 is 34.4 Å². The summed E-state index contributed by atoms with van der Waals surface area (Å²) in [5, 5.41) is 29.8. The van der Waals surface area contributed by atoms with Crippen molar-refractivity contribution in [1.29, 1.82) is 10.5 Å². The molecule has 1 aliphatic heterocycles. The summed E-state index contributed by atoms with van der Waals surface area (Å²) in [6.07, 6.45) is 0.109. The van der Waals surface area contributed by atoms with Crippen molar-refractivity contribution in [3.05, 3.63) is 56.6 Å². The summed E-state index contributed by atoms with van der Waals surface area (Å²) < 4.78 is 0.885. The zero-order valence-electron chi connectivity index (χ0n) is 11.7. The van der Waals surface area contributed by atoms with Gasteiger partial charge in [-0.05, 0) is 17.7 Å². The van der Waals surface area contributed by atoms with Crippen LogP contribution in [0.3, 0.4) is 0 Å². The van der Waals surface area contributed by atoms with Crippen LogP contribution < -0.4 is 34.9 Å². The number of benzene rings is 1. The molecule has 0 aliphatic carbocycles. The van der Waals surface area contributed by atoms with Gasteiger partial charge in [0, 0.05) is 16.8 Å². The van der Waals surface area contributed by atoms with Gasteiger partial charge in [-0.1, -0.05) is 28.1 Å². The van der Waals surface area contributed by atoms with Gasteiger partial charge in [0.05, 0.1) is 22.9 Å². The summed E-state index contributed by atoms with van der Waals surface area (Å²) in [5.41, 5.74) is 0.778. The summed E-state index contributed by atoms with van der Waals surface area (Å²) in [4.78, 5) is 11.8. The summed E-state index contributed by atoms with van der Waals surface area (Å²) >= 11 is 3.32. The van der Waals surface area contributed by atoms with Crippen LogP contribution >= 0.6 is 15.9 Å². The van der Waals surface area contributed by atoms with E-state index < -0.39 is 5.92 Å². The molecule has 5 nitrogen and oxygen atoms in total. The molecule has 1 atom stereocenters. The first-order valence-corrected chi connectivity index (χ1v) is 6.77. The van der Waals surface area contributed by atoms with E-state index >= 15 is 0 Å². The average Bonchev–Trinajstić information content (AvgIpc) is 2.49. The molecule has 0 aromatic heterocycles. The number of carbonyl (C=O) groups is 1. The van der Waals surface area contributed by atoms with Crippen LogP contribution in [0.15, 0.2) is 45.6 Å². The molecule has 1 N–H and O–H groups in total. The molecule has 1 amide bonds. The van der Waals surface area contributed by atoms with E-state index in [1.165, 1.54) is 0 Å². The SMILES string of the molecule is N#CC(=C=[N-])C1=C(C#N)C(c2ccc(Br)cc2)CC(=O)N1.[Na+]. The van der Waals surface area contributed by atoms with Gasteiger partial charge < -0.3 is 10.7 Å². The van der Waals surface area contributed by atoms with Crippen LogP contribution in [0.5, 0.6) is 0 Å². The van der Waals surface area contributed by atoms with E-state index in [0.29, 0.717) is 0 Å². The molecule has 1 aliphatic rings. The van der Waals surface area contributed by atoms with E-state index in [1.807, 2.05) is 18.2 Å². The molecule has 22 heavy (non-hydrogen) atoms. The van der Waals surface area contributed by atoms with Crippen molar-refractivity contribution in [2.24, 2.45) is 0 Å². The molecule has 0 saturated heterocycles. The first kappa shape index (κ1) is 18.4.